The predicted molar refractivity (Wildman–Crippen MR) is 78.8 cm³/mol. The first-order chi connectivity index (χ1) is 8.69. The molecule has 1 fully saturated rings. The summed E-state index contributed by atoms with van der Waals surface area (Å²) in [5.74, 6) is 0.988. The van der Waals surface area contributed by atoms with Gasteiger partial charge in [-0.25, -0.2) is 0 Å². The minimum Gasteiger partial charge on any atom is -0.308 e. The van der Waals surface area contributed by atoms with Gasteiger partial charge < -0.3 is 5.32 Å². The molecule has 0 bridgehead atoms. The lowest BCUT2D eigenvalue weighted by atomic mass is 9.81. The Bertz CT molecular complexity index is 350. The van der Waals surface area contributed by atoms with Crippen molar-refractivity contribution in [1.29, 1.82) is 0 Å². The molecule has 1 nitrogen and oxygen atoms in total. The maximum Gasteiger partial charge on any atom is 0.0294 e. The van der Waals surface area contributed by atoms with Crippen molar-refractivity contribution >= 4 is 0 Å². The first-order valence-corrected chi connectivity index (χ1v) is 7.54. The fourth-order valence-corrected chi connectivity index (χ4v) is 2.86. The van der Waals surface area contributed by atoms with Gasteiger partial charge in [0.05, 0.1) is 0 Å². The largest absolute Gasteiger partial charge is 0.308 e. The standard InChI is InChI=1S/C17H27N/c1-4-15-8-10-17(11-9-15)14(3)18-13(2)12-16-6-5-7-16/h8-11,13-14,16,18H,4-7,12H2,1-3H3. The molecule has 0 spiro atoms. The van der Waals surface area contributed by atoms with Crippen molar-refractivity contribution in [1.82, 2.24) is 5.32 Å². The van der Waals surface area contributed by atoms with Crippen LogP contribution in [-0.2, 0) is 6.42 Å². The minimum absolute atomic E-state index is 0.464. The van der Waals surface area contributed by atoms with Gasteiger partial charge in [0.25, 0.3) is 0 Å². The van der Waals surface area contributed by atoms with Gasteiger partial charge in [0.2, 0.25) is 0 Å². The van der Waals surface area contributed by atoms with Crippen LogP contribution < -0.4 is 5.32 Å². The molecule has 0 heterocycles. The summed E-state index contributed by atoms with van der Waals surface area (Å²) < 4.78 is 0. The quantitative estimate of drug-likeness (QED) is 0.779. The zero-order valence-corrected chi connectivity index (χ0v) is 12.1. The van der Waals surface area contributed by atoms with Crippen molar-refractivity contribution in [3.63, 3.8) is 0 Å². The van der Waals surface area contributed by atoms with Crippen molar-refractivity contribution in [3.05, 3.63) is 35.4 Å². The van der Waals surface area contributed by atoms with E-state index in [0.717, 1.165) is 12.3 Å². The van der Waals surface area contributed by atoms with Crippen LogP contribution in [0.2, 0.25) is 0 Å². The number of rotatable bonds is 6. The normalized spacial score (nSPS) is 19.3. The molecule has 1 aliphatic carbocycles. The van der Waals surface area contributed by atoms with Crippen LogP contribution in [0.5, 0.6) is 0 Å². The highest BCUT2D eigenvalue weighted by Crippen LogP contribution is 2.30. The molecule has 1 aliphatic rings. The third-order valence-electron chi connectivity index (χ3n) is 4.33. The summed E-state index contributed by atoms with van der Waals surface area (Å²) in [6.45, 7) is 6.81. The highest BCUT2D eigenvalue weighted by Gasteiger charge is 2.20. The predicted octanol–water partition coefficient (Wildman–Crippen LogP) is 4.48. The fraction of sp³-hybridized carbons (Fsp3) is 0.647. The van der Waals surface area contributed by atoms with Crippen molar-refractivity contribution < 1.29 is 0 Å². The van der Waals surface area contributed by atoms with Gasteiger partial charge in [-0.2, -0.15) is 0 Å². The van der Waals surface area contributed by atoms with Crippen LogP contribution in [0.1, 0.15) is 63.6 Å². The van der Waals surface area contributed by atoms with Crippen molar-refractivity contribution in [3.8, 4) is 0 Å². The van der Waals surface area contributed by atoms with E-state index in [4.69, 9.17) is 0 Å². The molecule has 1 aromatic rings. The third-order valence-corrected chi connectivity index (χ3v) is 4.33. The second kappa shape index (κ2) is 6.38. The van der Waals surface area contributed by atoms with E-state index in [-0.39, 0.29) is 0 Å². The molecule has 2 rings (SSSR count). The molecule has 2 atom stereocenters. The smallest absolute Gasteiger partial charge is 0.0294 e. The minimum atomic E-state index is 0.464. The molecular formula is C17H27N. The zero-order chi connectivity index (χ0) is 13.0. The number of hydrogen-bond donors (Lipinski definition) is 1. The van der Waals surface area contributed by atoms with E-state index in [2.05, 4.69) is 50.4 Å². The van der Waals surface area contributed by atoms with E-state index in [1.807, 2.05) is 0 Å². The van der Waals surface area contributed by atoms with Crippen LogP contribution in [0, 0.1) is 5.92 Å². The van der Waals surface area contributed by atoms with E-state index in [1.165, 1.54) is 36.8 Å². The summed E-state index contributed by atoms with van der Waals surface area (Å²) in [5.41, 5.74) is 2.83. The van der Waals surface area contributed by atoms with Crippen molar-refractivity contribution in [2.24, 2.45) is 5.92 Å². The first kappa shape index (κ1) is 13.6. The third kappa shape index (κ3) is 3.58. The van der Waals surface area contributed by atoms with Crippen LogP contribution >= 0.6 is 0 Å². The van der Waals surface area contributed by atoms with Gasteiger partial charge in [0.15, 0.2) is 0 Å². The monoisotopic (exact) mass is 245 g/mol. The zero-order valence-electron chi connectivity index (χ0n) is 12.1. The fourth-order valence-electron chi connectivity index (χ4n) is 2.86. The Balaban J connectivity index is 1.83. The van der Waals surface area contributed by atoms with Gasteiger partial charge in [-0.05, 0) is 43.7 Å². The maximum atomic E-state index is 3.73. The summed E-state index contributed by atoms with van der Waals surface area (Å²) in [4.78, 5) is 0. The highest BCUT2D eigenvalue weighted by molar-refractivity contribution is 5.24. The Morgan fingerprint density at radius 2 is 1.83 bits per heavy atom. The topological polar surface area (TPSA) is 12.0 Å². The summed E-state index contributed by atoms with van der Waals surface area (Å²) in [6, 6.07) is 10.1. The maximum absolute atomic E-state index is 3.73. The van der Waals surface area contributed by atoms with Gasteiger partial charge in [0, 0.05) is 12.1 Å². The number of aryl methyl sites for hydroxylation is 1. The lowest BCUT2D eigenvalue weighted by molar-refractivity contribution is 0.259. The lowest BCUT2D eigenvalue weighted by Crippen LogP contribution is -2.32. The van der Waals surface area contributed by atoms with Crippen LogP contribution in [-0.4, -0.2) is 6.04 Å². The Morgan fingerprint density at radius 3 is 2.33 bits per heavy atom. The Labute approximate surface area is 112 Å². The lowest BCUT2D eigenvalue weighted by Gasteiger charge is -2.30. The van der Waals surface area contributed by atoms with E-state index in [0.29, 0.717) is 12.1 Å². The number of nitrogens with one attached hydrogen (secondary N) is 1. The van der Waals surface area contributed by atoms with Crippen LogP contribution in [0.3, 0.4) is 0 Å². The molecule has 18 heavy (non-hydrogen) atoms. The van der Waals surface area contributed by atoms with E-state index >= 15 is 0 Å². The molecule has 1 N–H and O–H groups in total. The SMILES string of the molecule is CCc1ccc(C(C)NC(C)CC2CCC2)cc1. The van der Waals surface area contributed by atoms with E-state index in [1.54, 1.807) is 0 Å². The molecule has 0 radical (unpaired) electrons. The first-order valence-electron chi connectivity index (χ1n) is 7.54. The highest BCUT2D eigenvalue weighted by atomic mass is 14.9. The molecule has 100 valence electrons. The molecule has 0 saturated heterocycles. The second-order valence-electron chi connectivity index (χ2n) is 5.92. The Kier molecular flexibility index (Phi) is 4.82. The summed E-state index contributed by atoms with van der Waals surface area (Å²) >= 11 is 0. The average Bonchev–Trinajstić information content (AvgIpc) is 2.34. The summed E-state index contributed by atoms with van der Waals surface area (Å²) in [6.07, 6.45) is 6.82. The Morgan fingerprint density at radius 1 is 1.17 bits per heavy atom. The summed E-state index contributed by atoms with van der Waals surface area (Å²) in [5, 5.41) is 3.73. The summed E-state index contributed by atoms with van der Waals surface area (Å²) in [7, 11) is 0. The number of hydrogen-bond acceptors (Lipinski definition) is 1. The molecule has 0 aliphatic heterocycles. The molecular weight excluding hydrogens is 218 g/mol. The van der Waals surface area contributed by atoms with Gasteiger partial charge >= 0.3 is 0 Å². The molecule has 1 aromatic carbocycles. The van der Waals surface area contributed by atoms with Crippen molar-refractivity contribution in [2.45, 2.75) is 65.0 Å². The molecule has 1 heteroatoms. The number of benzene rings is 1. The van der Waals surface area contributed by atoms with Gasteiger partial charge in [-0.15, -0.1) is 0 Å². The van der Waals surface area contributed by atoms with Gasteiger partial charge in [-0.1, -0.05) is 50.5 Å². The molecule has 1 saturated carbocycles. The van der Waals surface area contributed by atoms with E-state index < -0.39 is 0 Å². The van der Waals surface area contributed by atoms with Gasteiger partial charge in [0.1, 0.15) is 0 Å². The van der Waals surface area contributed by atoms with E-state index in [9.17, 15) is 0 Å². The van der Waals surface area contributed by atoms with Gasteiger partial charge in [-0.3, -0.25) is 0 Å². The van der Waals surface area contributed by atoms with Crippen LogP contribution in [0.4, 0.5) is 0 Å². The molecule has 2 unspecified atom stereocenters. The van der Waals surface area contributed by atoms with Crippen LogP contribution in [0.25, 0.3) is 0 Å². The van der Waals surface area contributed by atoms with Crippen molar-refractivity contribution in [2.75, 3.05) is 0 Å². The van der Waals surface area contributed by atoms with Crippen LogP contribution in [0.15, 0.2) is 24.3 Å². The second-order valence-corrected chi connectivity index (χ2v) is 5.92. The average molecular weight is 245 g/mol. The molecule has 0 aromatic heterocycles. The molecule has 0 amide bonds. The Hall–Kier alpha value is -0.820.